The number of phenolic OH excluding ortho intramolecular Hbond substituents is 1. The second kappa shape index (κ2) is 48.7. The van der Waals surface area contributed by atoms with Gasteiger partial charge in [-0.25, -0.2) is 0 Å². The van der Waals surface area contributed by atoms with E-state index in [1.54, 1.807) is 12.1 Å². The van der Waals surface area contributed by atoms with Crippen LogP contribution in [-0.2, 0) is 68.7 Å². The number of carbonyl (C=O) groups is 13. The number of anilines is 1. The summed E-state index contributed by atoms with van der Waals surface area (Å²) in [6.07, 6.45) is -9.02. The quantitative estimate of drug-likeness (QED) is 0.0334. The van der Waals surface area contributed by atoms with Crippen molar-refractivity contribution in [3.05, 3.63) is 59.7 Å². The van der Waals surface area contributed by atoms with E-state index in [1.165, 1.54) is 18.7 Å². The van der Waals surface area contributed by atoms with Crippen LogP contribution < -0.4 is 43.4 Å². The summed E-state index contributed by atoms with van der Waals surface area (Å²) in [5.41, 5.74) is 11.9. The summed E-state index contributed by atoms with van der Waals surface area (Å²) in [6.45, 7) is 11.8. The zero-order chi connectivity index (χ0) is 85.5. The van der Waals surface area contributed by atoms with E-state index >= 15 is 4.79 Å². The third-order valence-electron chi connectivity index (χ3n) is 22.0. The van der Waals surface area contributed by atoms with Crippen LogP contribution >= 0.6 is 11.8 Å². The van der Waals surface area contributed by atoms with Gasteiger partial charge in [0.25, 0.3) is 0 Å². The summed E-state index contributed by atoms with van der Waals surface area (Å²) in [7, 11) is 0. The summed E-state index contributed by atoms with van der Waals surface area (Å²) >= 11 is 1.51. The molecule has 3 heterocycles. The number of fused-ring (bicyclic) bond motifs is 2. The molecule has 3 aliphatic heterocycles. The Kier molecular flexibility index (Phi) is 41.4. The molecule has 0 unspecified atom stereocenters. The topological polar surface area (TPSA) is 535 Å². The molecule has 0 aromatic heterocycles. The highest BCUT2D eigenvalue weighted by atomic mass is 32.2. The molecule has 115 heavy (non-hydrogen) atoms. The number of ketones is 4. The van der Waals surface area contributed by atoms with Crippen LogP contribution in [0, 0.1) is 35.5 Å². The Bertz CT molecular complexity index is 3560. The van der Waals surface area contributed by atoms with Gasteiger partial charge < -0.3 is 99.1 Å². The largest absolute Gasteiger partial charge is 0.506 e. The highest BCUT2D eigenvalue weighted by Gasteiger charge is 2.50. The second-order valence-electron chi connectivity index (χ2n) is 32.3. The van der Waals surface area contributed by atoms with Crippen molar-refractivity contribution in [1.82, 2.24) is 36.4 Å². The molecule has 0 bridgehead atoms. The molecule has 5 rings (SSSR count). The maximum atomic E-state index is 15.0. The van der Waals surface area contributed by atoms with Crippen LogP contribution in [0.4, 0.5) is 5.69 Å². The fourth-order valence-electron chi connectivity index (χ4n) is 15.3. The molecule has 3 saturated heterocycles. The number of amides is 9. The Morgan fingerprint density at radius 3 is 1.95 bits per heavy atom. The van der Waals surface area contributed by atoms with E-state index < -0.39 is 219 Å². The van der Waals surface area contributed by atoms with Gasteiger partial charge in [-0.3, -0.25) is 62.3 Å². The van der Waals surface area contributed by atoms with E-state index in [9.17, 15) is 103 Å². The summed E-state index contributed by atoms with van der Waals surface area (Å²) in [5.74, 6) is -15.0. The average molecular weight is 1640 g/mol. The van der Waals surface area contributed by atoms with E-state index in [4.69, 9.17) is 11.5 Å². The van der Waals surface area contributed by atoms with E-state index in [0.29, 0.717) is 67.4 Å². The van der Waals surface area contributed by atoms with E-state index in [-0.39, 0.29) is 73.2 Å². The fraction of sp³-hybridized carbons (Fsp3) is 0.695. The van der Waals surface area contributed by atoms with Crippen LogP contribution in [0.3, 0.4) is 0 Å². The van der Waals surface area contributed by atoms with Gasteiger partial charge in [0, 0.05) is 70.4 Å². The van der Waals surface area contributed by atoms with Crippen molar-refractivity contribution in [2.45, 2.75) is 300 Å². The predicted octanol–water partition coefficient (Wildman–Crippen LogP) is 2.23. The van der Waals surface area contributed by atoms with E-state index in [1.807, 2.05) is 38.3 Å². The van der Waals surface area contributed by atoms with Gasteiger partial charge in [0.2, 0.25) is 53.2 Å². The van der Waals surface area contributed by atoms with Crippen molar-refractivity contribution >= 4 is 93.7 Å². The molecule has 20 atom stereocenters. The van der Waals surface area contributed by atoms with E-state index in [2.05, 4.69) is 52.7 Å². The number of aliphatic hydroxyl groups is 8. The van der Waals surface area contributed by atoms with Gasteiger partial charge >= 0.3 is 0 Å². The van der Waals surface area contributed by atoms with Gasteiger partial charge in [0.15, 0.2) is 23.6 Å². The number of thioether (sulfide) groups is 1. The lowest BCUT2D eigenvalue weighted by Crippen LogP contribution is -2.61. The second-order valence-corrected chi connectivity index (χ2v) is 33.3. The van der Waals surface area contributed by atoms with Gasteiger partial charge in [-0.15, -0.1) is 0 Å². The number of nitrogens with two attached hydrogens (primary N) is 2. The number of phenols is 1. The minimum atomic E-state index is -2.49. The Balaban J connectivity index is 1.38. The van der Waals surface area contributed by atoms with Crippen molar-refractivity contribution in [1.29, 1.82) is 0 Å². The first-order valence-corrected chi connectivity index (χ1v) is 42.1. The number of hydrogen-bond donors (Lipinski definition) is 17. The Morgan fingerprint density at radius 1 is 0.670 bits per heavy atom. The van der Waals surface area contributed by atoms with Gasteiger partial charge in [0.1, 0.15) is 35.8 Å². The minimum Gasteiger partial charge on any atom is -0.506 e. The Labute approximate surface area is 678 Å². The lowest BCUT2D eigenvalue weighted by Gasteiger charge is -2.34. The van der Waals surface area contributed by atoms with Gasteiger partial charge in [-0.2, -0.15) is 11.8 Å². The number of aromatic hydroxyl groups is 1. The SMILES string of the molecule is CC[C@H](C)C[C@H](C)CCCCCCCCC(=O)C[C@H]1C[C@@H](O)[C@@H](O)NC(=O)[C@@H]2[C@@H](O)CCN2C(=O)[C@H]([C@H](O)CC(N)=O)NC(=O)[C@H]([C@H](O)[C@@H](O)c2ccc(O)c(NC(=O)[C@@H](N)CCCCCC(=O)[C@H](Cc3ccccc3)NC(=O)[C@@H](CC(=O)[C@H](CCSC)NC(C)=O)CC(C)C)c2)CC(=O)[C@@H]2C[C@@H](O)CN2C(=O)[C@H]([C@@H](C)O)NC1=O. The van der Waals surface area contributed by atoms with Crippen LogP contribution in [0.25, 0.3) is 0 Å². The van der Waals surface area contributed by atoms with Crippen LogP contribution in [0.2, 0.25) is 0 Å². The number of carbonyl (C=O) groups excluding carboxylic acids is 13. The third-order valence-corrected chi connectivity index (χ3v) is 22.7. The van der Waals surface area contributed by atoms with Crippen molar-refractivity contribution in [2.75, 3.05) is 30.4 Å². The molecule has 3 aliphatic rings. The molecule has 2 aromatic rings. The molecular formula is C82H128N10O22S. The number of nitrogens with zero attached hydrogens (tertiary/aromatic N) is 2. The first-order chi connectivity index (χ1) is 54.3. The molecule has 0 spiro atoms. The van der Waals surface area contributed by atoms with Crippen molar-refractivity contribution in [3.8, 4) is 5.75 Å². The van der Waals surface area contributed by atoms with Gasteiger partial charge in [-0.1, -0.05) is 129 Å². The van der Waals surface area contributed by atoms with Crippen LogP contribution in [0.5, 0.6) is 5.75 Å². The maximum Gasteiger partial charge on any atom is 0.248 e. The summed E-state index contributed by atoms with van der Waals surface area (Å²) in [4.78, 5) is 183. The number of rotatable bonds is 43. The number of Topliss-reactive ketones (excluding diaryl/α,β-unsaturated/α-hetero) is 4. The zero-order valence-corrected chi connectivity index (χ0v) is 68.6. The molecule has 33 heteroatoms. The predicted molar refractivity (Wildman–Crippen MR) is 428 cm³/mol. The van der Waals surface area contributed by atoms with Crippen molar-refractivity contribution in [2.24, 2.45) is 47.0 Å². The monoisotopic (exact) mass is 1640 g/mol. The molecule has 2 aromatic carbocycles. The highest BCUT2D eigenvalue weighted by Crippen LogP contribution is 2.34. The smallest absolute Gasteiger partial charge is 0.248 e. The van der Waals surface area contributed by atoms with Crippen LogP contribution in [0.15, 0.2) is 48.5 Å². The molecule has 9 amide bonds. The van der Waals surface area contributed by atoms with Gasteiger partial charge in [-0.05, 0) is 118 Å². The highest BCUT2D eigenvalue weighted by molar-refractivity contribution is 7.98. The van der Waals surface area contributed by atoms with E-state index in [0.717, 1.165) is 80.5 Å². The standard InChI is InChI=1S/C82H128N10O22S/c1-9-46(4)35-47(5)22-16-12-10-11-13-19-25-54(95)37-53-40-68(103)79(111)90-80(112)72-64(99)30-32-91(72)82(114)71(67(102)43-69(84)104)89-77(109)56(42-66(101)61-41-55(96)44-92(61)81(113)70(48(6)93)88-76(53)108)74(106)73(105)51-28-29-63(98)60(38-51)87-78(110)57(83)26-20-15-21-27-62(97)59(36-50-23-17-14-18-24-50)86-75(107)52(34-45(2)3)39-65(100)58(31-33-115-8)85-49(7)94/h14,17-18,23-24,28-29,38,45-48,52-53,55-59,61,64,67-68,70-74,79,93,96,98-99,102-103,105-106,111H,9-13,15-16,19-22,25-27,30-37,39-44,83H2,1-8H3,(H2,84,104)(H,85,94)(H,86,107)(H,87,110)(H,88,108)(H,89,109)(H,90,112)/t46-,47+,48+,52+,53-,55+,56-,57-,58-,59-,61-,64-,67+,68+,70-,71-,72-,73-,74-,79+/m0/s1. The lowest BCUT2D eigenvalue weighted by molar-refractivity contribution is -0.150. The first kappa shape index (κ1) is 97.7. The molecule has 0 aliphatic carbocycles. The number of aliphatic hydroxyl groups excluding tert-OH is 8. The summed E-state index contributed by atoms with van der Waals surface area (Å²) in [5, 5.41) is 118. The number of unbranched alkanes of at least 4 members (excludes halogenated alkanes) is 7. The number of nitrogens with one attached hydrogen (secondary N) is 6. The third kappa shape index (κ3) is 31.5. The molecule has 3 fully saturated rings. The number of benzene rings is 2. The fourth-order valence-corrected chi connectivity index (χ4v) is 15.8. The molecule has 0 saturated carbocycles. The molecule has 32 nitrogen and oxygen atoms in total. The zero-order valence-electron chi connectivity index (χ0n) is 67.8. The van der Waals surface area contributed by atoms with Crippen molar-refractivity contribution < 1.29 is 108 Å². The van der Waals surface area contributed by atoms with Gasteiger partial charge in [0.05, 0.1) is 78.8 Å². The molecule has 644 valence electrons. The summed E-state index contributed by atoms with van der Waals surface area (Å²) < 4.78 is 0. The molecular weight excluding hydrogens is 1510 g/mol. The average Bonchev–Trinajstić information content (AvgIpc) is 1.70. The number of primary amides is 1. The lowest BCUT2D eigenvalue weighted by atomic mass is 9.86. The normalized spacial score (nSPS) is 24.1. The summed E-state index contributed by atoms with van der Waals surface area (Å²) in [6, 6.07) is 1.06. The Morgan fingerprint density at radius 2 is 1.30 bits per heavy atom. The first-order valence-electron chi connectivity index (χ1n) is 40.7. The van der Waals surface area contributed by atoms with Crippen LogP contribution in [0.1, 0.15) is 220 Å². The maximum absolute atomic E-state index is 15.0. The molecule has 0 radical (unpaired) electrons. The Hall–Kier alpha value is -7.86. The van der Waals surface area contributed by atoms with Crippen LogP contribution in [-0.4, -0.2) is 242 Å². The number of hydrogen-bond acceptors (Lipinski definition) is 24. The minimum absolute atomic E-state index is 0.00141. The molecule has 19 N–H and O–H groups in total. The van der Waals surface area contributed by atoms with Crippen molar-refractivity contribution in [3.63, 3.8) is 0 Å².